The monoisotopic (exact) mass is 238 g/mol. The van der Waals surface area contributed by atoms with Gasteiger partial charge in [0.2, 0.25) is 0 Å². The Balaban J connectivity index is 2.24. The molecule has 78 valence electrons. The molecule has 1 N–H and O–H groups in total. The molecule has 0 spiro atoms. The molecule has 1 fully saturated rings. The summed E-state index contributed by atoms with van der Waals surface area (Å²) in [5, 5.41) is 0. The van der Waals surface area contributed by atoms with Gasteiger partial charge < -0.3 is 0 Å². The van der Waals surface area contributed by atoms with E-state index in [1.807, 2.05) is 0 Å². The fourth-order valence-corrected chi connectivity index (χ4v) is 2.83. The van der Waals surface area contributed by atoms with Crippen LogP contribution in [0.3, 0.4) is 0 Å². The summed E-state index contributed by atoms with van der Waals surface area (Å²) in [4.78, 5) is 0. The lowest BCUT2D eigenvalue weighted by molar-refractivity contribution is 0.258. The third kappa shape index (κ3) is 4.83. The summed E-state index contributed by atoms with van der Waals surface area (Å²) in [5.74, 6) is 1.55. The van der Waals surface area contributed by atoms with Gasteiger partial charge in [0.25, 0.3) is 0 Å². The second kappa shape index (κ2) is 6.45. The molecule has 0 heterocycles. The number of nitrogens with one attached hydrogen (secondary N) is 1. The van der Waals surface area contributed by atoms with Gasteiger partial charge in [0.1, 0.15) is 0 Å². The Bertz CT molecular complexity index is 141. The molecule has 0 aromatic rings. The minimum Gasteiger partial charge on any atom is -0.267 e. The minimum absolute atomic E-state index is 0.760. The molecule has 1 aliphatic rings. The van der Waals surface area contributed by atoms with Crippen molar-refractivity contribution >= 4 is 38.4 Å². The van der Waals surface area contributed by atoms with Crippen molar-refractivity contribution in [2.75, 3.05) is 13.1 Å². The number of thiol groups is 3. The SMILES string of the molecule is SNCC1CCCC(CN(S)S)C1. The quantitative estimate of drug-likeness (QED) is 0.562. The lowest BCUT2D eigenvalue weighted by atomic mass is 9.81. The Morgan fingerprint density at radius 1 is 1.23 bits per heavy atom. The van der Waals surface area contributed by atoms with Gasteiger partial charge in [0.15, 0.2) is 0 Å². The van der Waals surface area contributed by atoms with Gasteiger partial charge in [0, 0.05) is 13.1 Å². The fourth-order valence-electron chi connectivity index (χ4n) is 2.11. The van der Waals surface area contributed by atoms with Crippen LogP contribution in [0.15, 0.2) is 0 Å². The number of hydrogen-bond acceptors (Lipinski definition) is 5. The first-order chi connectivity index (χ1) is 6.22. The molecular weight excluding hydrogens is 220 g/mol. The first-order valence-corrected chi connectivity index (χ1v) is 5.99. The highest BCUT2D eigenvalue weighted by molar-refractivity contribution is 7.93. The van der Waals surface area contributed by atoms with E-state index in [9.17, 15) is 0 Å². The number of hydrogen-bond donors (Lipinski definition) is 4. The van der Waals surface area contributed by atoms with Crippen LogP contribution in [0, 0.1) is 11.8 Å². The van der Waals surface area contributed by atoms with E-state index in [1.54, 1.807) is 3.71 Å². The molecule has 0 aromatic carbocycles. The molecule has 5 heteroatoms. The second-order valence-electron chi connectivity index (χ2n) is 3.82. The molecule has 1 rings (SSSR count). The predicted molar refractivity (Wildman–Crippen MR) is 67.1 cm³/mol. The van der Waals surface area contributed by atoms with Gasteiger partial charge in [-0.1, -0.05) is 44.9 Å². The zero-order chi connectivity index (χ0) is 9.68. The summed E-state index contributed by atoms with van der Waals surface area (Å²) < 4.78 is 4.65. The van der Waals surface area contributed by atoms with Crippen molar-refractivity contribution in [3.63, 3.8) is 0 Å². The van der Waals surface area contributed by atoms with Crippen LogP contribution >= 0.6 is 38.4 Å². The van der Waals surface area contributed by atoms with Gasteiger partial charge in [-0.3, -0.25) is 4.72 Å². The van der Waals surface area contributed by atoms with Crippen molar-refractivity contribution in [3.8, 4) is 0 Å². The maximum absolute atomic E-state index is 4.16. The van der Waals surface area contributed by atoms with E-state index in [4.69, 9.17) is 0 Å². The van der Waals surface area contributed by atoms with Crippen LogP contribution in [0.2, 0.25) is 0 Å². The van der Waals surface area contributed by atoms with Crippen molar-refractivity contribution in [2.24, 2.45) is 11.8 Å². The minimum atomic E-state index is 0.760. The Morgan fingerprint density at radius 3 is 2.54 bits per heavy atom. The molecule has 13 heavy (non-hydrogen) atoms. The Labute approximate surface area is 97.5 Å². The van der Waals surface area contributed by atoms with Crippen LogP contribution in [0.4, 0.5) is 0 Å². The lowest BCUT2D eigenvalue weighted by Crippen LogP contribution is -2.26. The Morgan fingerprint density at radius 2 is 1.92 bits per heavy atom. The molecule has 1 saturated carbocycles. The highest BCUT2D eigenvalue weighted by Gasteiger charge is 2.22. The van der Waals surface area contributed by atoms with Crippen LogP contribution in [0.5, 0.6) is 0 Å². The third-order valence-electron chi connectivity index (χ3n) is 2.69. The largest absolute Gasteiger partial charge is 0.267 e. The first-order valence-electron chi connectivity index (χ1n) is 4.74. The van der Waals surface area contributed by atoms with Crippen LogP contribution in [0.1, 0.15) is 25.7 Å². The Kier molecular flexibility index (Phi) is 5.98. The van der Waals surface area contributed by atoms with Crippen molar-refractivity contribution in [1.29, 1.82) is 0 Å². The van der Waals surface area contributed by atoms with Crippen LogP contribution in [-0.2, 0) is 0 Å². The van der Waals surface area contributed by atoms with Crippen molar-refractivity contribution in [1.82, 2.24) is 8.43 Å². The summed E-state index contributed by atoms with van der Waals surface area (Å²) in [5.41, 5.74) is 0. The average Bonchev–Trinajstić information content (AvgIpc) is 2.04. The first kappa shape index (κ1) is 12.0. The zero-order valence-electron chi connectivity index (χ0n) is 7.69. The van der Waals surface area contributed by atoms with Crippen LogP contribution < -0.4 is 4.72 Å². The summed E-state index contributed by atoms with van der Waals surface area (Å²) in [6.45, 7) is 2.01. The average molecular weight is 238 g/mol. The van der Waals surface area contributed by atoms with Gasteiger partial charge in [-0.2, -0.15) is 3.71 Å². The molecule has 0 aliphatic heterocycles. The van der Waals surface area contributed by atoms with E-state index in [-0.39, 0.29) is 0 Å². The van der Waals surface area contributed by atoms with E-state index in [1.165, 1.54) is 25.7 Å². The van der Waals surface area contributed by atoms with E-state index in [0.29, 0.717) is 0 Å². The standard InChI is InChI=1S/C8H18N2S3/c11-9-5-7-2-1-3-8(4-7)6-10(12)13/h7-9,11-13H,1-6H2. The molecule has 2 nitrogen and oxygen atoms in total. The summed E-state index contributed by atoms with van der Waals surface area (Å²) in [6, 6.07) is 0. The van der Waals surface area contributed by atoms with E-state index < -0.39 is 0 Å². The van der Waals surface area contributed by atoms with E-state index in [0.717, 1.165) is 24.9 Å². The van der Waals surface area contributed by atoms with Gasteiger partial charge in [0.05, 0.1) is 0 Å². The molecule has 2 atom stereocenters. The normalized spacial score (nSPS) is 29.5. The Hall–Kier alpha value is 0.970. The van der Waals surface area contributed by atoms with E-state index in [2.05, 4.69) is 43.2 Å². The fraction of sp³-hybridized carbons (Fsp3) is 1.00. The van der Waals surface area contributed by atoms with Crippen molar-refractivity contribution < 1.29 is 0 Å². The number of nitrogens with zero attached hydrogens (tertiary/aromatic N) is 1. The molecule has 1 aliphatic carbocycles. The summed E-state index contributed by atoms with van der Waals surface area (Å²) in [7, 11) is 0. The highest BCUT2D eigenvalue weighted by Crippen LogP contribution is 2.29. The van der Waals surface area contributed by atoms with Gasteiger partial charge in [-0.05, 0) is 31.1 Å². The highest BCUT2D eigenvalue weighted by atomic mass is 32.2. The maximum Gasteiger partial charge on any atom is 0.0226 e. The van der Waals surface area contributed by atoms with Gasteiger partial charge in [-0.15, -0.1) is 0 Å². The topological polar surface area (TPSA) is 15.3 Å². The van der Waals surface area contributed by atoms with Gasteiger partial charge in [-0.25, -0.2) is 0 Å². The second-order valence-corrected chi connectivity index (χ2v) is 5.41. The maximum atomic E-state index is 4.16. The third-order valence-corrected chi connectivity index (χ3v) is 3.20. The summed E-state index contributed by atoms with van der Waals surface area (Å²) >= 11 is 12.4. The molecule has 0 saturated heterocycles. The molecule has 0 radical (unpaired) electrons. The van der Waals surface area contributed by atoms with Gasteiger partial charge >= 0.3 is 0 Å². The zero-order valence-corrected chi connectivity index (χ0v) is 10.4. The summed E-state index contributed by atoms with van der Waals surface area (Å²) in [6.07, 6.45) is 5.27. The van der Waals surface area contributed by atoms with Crippen LogP contribution in [0.25, 0.3) is 0 Å². The molecule has 0 bridgehead atoms. The molecular formula is C8H18N2S3. The van der Waals surface area contributed by atoms with E-state index >= 15 is 0 Å². The smallest absolute Gasteiger partial charge is 0.0226 e. The molecule has 0 amide bonds. The van der Waals surface area contributed by atoms with Crippen LogP contribution in [-0.4, -0.2) is 16.8 Å². The van der Waals surface area contributed by atoms with Crippen molar-refractivity contribution in [2.45, 2.75) is 25.7 Å². The van der Waals surface area contributed by atoms with Crippen molar-refractivity contribution in [3.05, 3.63) is 0 Å². The molecule has 2 unspecified atom stereocenters. The number of rotatable bonds is 4. The lowest BCUT2D eigenvalue weighted by Gasteiger charge is -2.29. The predicted octanol–water partition coefficient (Wildman–Crippen LogP) is 2.22. The molecule has 0 aromatic heterocycles.